The van der Waals surface area contributed by atoms with Crippen molar-refractivity contribution in [1.29, 1.82) is 0 Å². The molecule has 0 atom stereocenters. The number of rotatable bonds is 0. The smallest absolute Gasteiger partial charge is 0.182 e. The SMILES string of the molecule is [B]N1CCCN([B])CCC1. The molecule has 0 spiro atoms. The molecular weight excluding hydrogens is 122 g/mol. The molecule has 4 heteroatoms. The summed E-state index contributed by atoms with van der Waals surface area (Å²) in [4.78, 5) is 3.74. The van der Waals surface area contributed by atoms with E-state index in [0.29, 0.717) is 0 Å². The van der Waals surface area contributed by atoms with Crippen molar-refractivity contribution >= 4 is 16.0 Å². The van der Waals surface area contributed by atoms with Crippen LogP contribution in [-0.4, -0.2) is 51.8 Å². The van der Waals surface area contributed by atoms with Gasteiger partial charge in [-0.3, -0.25) is 0 Å². The average Bonchev–Trinajstić information content (AvgIpc) is 1.84. The lowest BCUT2D eigenvalue weighted by Gasteiger charge is -2.25. The third-order valence-electron chi connectivity index (χ3n) is 1.78. The molecule has 1 fully saturated rings. The summed E-state index contributed by atoms with van der Waals surface area (Å²) in [7, 11) is 11.2. The van der Waals surface area contributed by atoms with Gasteiger partial charge in [-0.1, -0.05) is 0 Å². The Morgan fingerprint density at radius 3 is 1.30 bits per heavy atom. The summed E-state index contributed by atoms with van der Waals surface area (Å²) in [6.07, 6.45) is 2.15. The van der Waals surface area contributed by atoms with Crippen LogP contribution in [-0.2, 0) is 0 Å². The summed E-state index contributed by atoms with van der Waals surface area (Å²) in [6.45, 7) is 3.86. The molecular formula is C6H12B2N2. The second-order valence-electron chi connectivity index (χ2n) is 2.78. The minimum Gasteiger partial charge on any atom is -0.353 e. The molecule has 0 N–H and O–H groups in total. The second-order valence-corrected chi connectivity index (χ2v) is 2.78. The van der Waals surface area contributed by atoms with E-state index in [2.05, 4.69) is 0 Å². The first-order valence-corrected chi connectivity index (χ1v) is 3.78. The molecule has 4 radical (unpaired) electrons. The van der Waals surface area contributed by atoms with E-state index < -0.39 is 0 Å². The molecule has 1 aliphatic heterocycles. The van der Waals surface area contributed by atoms with Gasteiger partial charge in [0.1, 0.15) is 0 Å². The molecule has 1 rings (SSSR count). The Morgan fingerprint density at radius 1 is 0.700 bits per heavy atom. The van der Waals surface area contributed by atoms with Gasteiger partial charge < -0.3 is 9.62 Å². The zero-order chi connectivity index (χ0) is 7.40. The Balaban J connectivity index is 2.21. The van der Waals surface area contributed by atoms with Crippen molar-refractivity contribution in [1.82, 2.24) is 9.62 Å². The first-order valence-electron chi connectivity index (χ1n) is 3.78. The van der Waals surface area contributed by atoms with E-state index >= 15 is 0 Å². The van der Waals surface area contributed by atoms with Gasteiger partial charge in [0.2, 0.25) is 0 Å². The minimum atomic E-state index is 0.966. The first-order chi connectivity index (χ1) is 4.79. The summed E-state index contributed by atoms with van der Waals surface area (Å²) < 4.78 is 0. The van der Waals surface area contributed by atoms with Gasteiger partial charge in [0, 0.05) is 0 Å². The molecule has 1 aliphatic rings. The van der Waals surface area contributed by atoms with Gasteiger partial charge in [-0.25, -0.2) is 0 Å². The van der Waals surface area contributed by atoms with E-state index in [1.54, 1.807) is 0 Å². The zero-order valence-corrected chi connectivity index (χ0v) is 6.29. The molecule has 0 saturated carbocycles. The van der Waals surface area contributed by atoms with E-state index in [-0.39, 0.29) is 0 Å². The molecule has 2 nitrogen and oxygen atoms in total. The standard InChI is InChI=1S/C6H12B2N2/c7-9-3-1-4-10(8)6-2-5-9/h1-6H2. The summed E-state index contributed by atoms with van der Waals surface area (Å²) in [6, 6.07) is 0. The van der Waals surface area contributed by atoms with E-state index in [1.165, 1.54) is 0 Å². The highest BCUT2D eigenvalue weighted by atomic mass is 15.1. The van der Waals surface area contributed by atoms with Crippen molar-refractivity contribution in [2.75, 3.05) is 26.2 Å². The maximum Gasteiger partial charge on any atom is 0.182 e. The fraction of sp³-hybridized carbons (Fsp3) is 1.00. The number of hydrogen-bond acceptors (Lipinski definition) is 2. The van der Waals surface area contributed by atoms with Crippen molar-refractivity contribution in [2.24, 2.45) is 0 Å². The van der Waals surface area contributed by atoms with Gasteiger partial charge in [-0.2, -0.15) is 0 Å². The lowest BCUT2D eigenvalue weighted by atomic mass is 10.1. The van der Waals surface area contributed by atoms with Gasteiger partial charge in [0.05, 0.1) is 0 Å². The van der Waals surface area contributed by atoms with Crippen LogP contribution in [0.3, 0.4) is 0 Å². The second kappa shape index (κ2) is 4.04. The molecule has 1 saturated heterocycles. The summed E-state index contributed by atoms with van der Waals surface area (Å²) in [5, 5.41) is 0. The lowest BCUT2D eigenvalue weighted by Crippen LogP contribution is -2.34. The molecule has 0 aromatic heterocycles. The topological polar surface area (TPSA) is 6.48 Å². The van der Waals surface area contributed by atoms with Gasteiger partial charge in [-0.05, 0) is 39.0 Å². The van der Waals surface area contributed by atoms with Gasteiger partial charge >= 0.3 is 0 Å². The Bertz CT molecular complexity index is 79.7. The maximum absolute atomic E-state index is 5.62. The number of nitrogens with zero attached hydrogens (tertiary/aromatic N) is 2. The highest BCUT2D eigenvalue weighted by Gasteiger charge is 2.04. The van der Waals surface area contributed by atoms with Crippen molar-refractivity contribution in [3.05, 3.63) is 0 Å². The van der Waals surface area contributed by atoms with Crippen LogP contribution in [0.5, 0.6) is 0 Å². The van der Waals surface area contributed by atoms with Gasteiger partial charge in [0.15, 0.2) is 16.0 Å². The zero-order valence-electron chi connectivity index (χ0n) is 6.29. The van der Waals surface area contributed by atoms with E-state index in [4.69, 9.17) is 16.0 Å². The van der Waals surface area contributed by atoms with Gasteiger partial charge in [0.25, 0.3) is 0 Å². The van der Waals surface area contributed by atoms with E-state index in [0.717, 1.165) is 39.0 Å². The molecule has 0 aromatic rings. The molecule has 0 aromatic carbocycles. The van der Waals surface area contributed by atoms with Crippen molar-refractivity contribution in [2.45, 2.75) is 12.8 Å². The van der Waals surface area contributed by atoms with Crippen LogP contribution in [0, 0.1) is 0 Å². The highest BCUT2D eigenvalue weighted by molar-refractivity contribution is 6.05. The van der Waals surface area contributed by atoms with Crippen LogP contribution in [0.1, 0.15) is 12.8 Å². The third kappa shape index (κ3) is 2.76. The predicted molar refractivity (Wildman–Crippen MR) is 43.9 cm³/mol. The Kier molecular flexibility index (Phi) is 3.29. The molecule has 0 unspecified atom stereocenters. The quantitative estimate of drug-likeness (QED) is 0.414. The molecule has 1 heterocycles. The summed E-state index contributed by atoms with van der Waals surface area (Å²) in [5.74, 6) is 0. The van der Waals surface area contributed by atoms with Crippen LogP contribution in [0.2, 0.25) is 0 Å². The molecule has 52 valence electrons. The summed E-state index contributed by atoms with van der Waals surface area (Å²) in [5.41, 5.74) is 0. The fourth-order valence-electron chi connectivity index (χ4n) is 1.18. The van der Waals surface area contributed by atoms with Gasteiger partial charge in [-0.15, -0.1) is 0 Å². The molecule has 0 amide bonds. The van der Waals surface area contributed by atoms with Crippen LogP contribution in [0.15, 0.2) is 0 Å². The van der Waals surface area contributed by atoms with Crippen molar-refractivity contribution in [3.8, 4) is 0 Å². The summed E-state index contributed by atoms with van der Waals surface area (Å²) >= 11 is 0. The molecule has 10 heavy (non-hydrogen) atoms. The van der Waals surface area contributed by atoms with E-state index in [9.17, 15) is 0 Å². The average molecular weight is 134 g/mol. The van der Waals surface area contributed by atoms with E-state index in [1.807, 2.05) is 9.62 Å². The monoisotopic (exact) mass is 134 g/mol. The highest BCUT2D eigenvalue weighted by Crippen LogP contribution is 1.97. The van der Waals surface area contributed by atoms with Crippen molar-refractivity contribution in [3.63, 3.8) is 0 Å². The number of hydrogen-bond donors (Lipinski definition) is 0. The normalized spacial score (nSPS) is 25.6. The van der Waals surface area contributed by atoms with Crippen LogP contribution >= 0.6 is 0 Å². The fourth-order valence-corrected chi connectivity index (χ4v) is 1.18. The Hall–Kier alpha value is 0.0499. The Morgan fingerprint density at radius 2 is 1.00 bits per heavy atom. The lowest BCUT2D eigenvalue weighted by molar-refractivity contribution is 0.328. The van der Waals surface area contributed by atoms with Crippen LogP contribution in [0.4, 0.5) is 0 Å². The molecule has 0 aliphatic carbocycles. The first kappa shape index (κ1) is 8.15. The Labute approximate surface area is 65.4 Å². The molecule has 0 bridgehead atoms. The minimum absolute atomic E-state index is 0.966. The maximum atomic E-state index is 5.62. The predicted octanol–water partition coefficient (Wildman–Crippen LogP) is -0.449. The third-order valence-corrected chi connectivity index (χ3v) is 1.78. The van der Waals surface area contributed by atoms with Crippen LogP contribution in [0.25, 0.3) is 0 Å². The van der Waals surface area contributed by atoms with Crippen molar-refractivity contribution < 1.29 is 0 Å². The largest absolute Gasteiger partial charge is 0.353 e. The van der Waals surface area contributed by atoms with Crippen LogP contribution < -0.4 is 0 Å².